The molecule has 4 rings (SSSR count). The fraction of sp³-hybridized carbons (Fsp3) is 0.565. The third kappa shape index (κ3) is 6.14. The van der Waals surface area contributed by atoms with Gasteiger partial charge in [-0.2, -0.15) is 0 Å². The minimum absolute atomic E-state index is 0. The van der Waals surface area contributed by atoms with Crippen LogP contribution >= 0.6 is 11.6 Å². The Morgan fingerprint density at radius 3 is 2.86 bits per heavy atom. The van der Waals surface area contributed by atoms with Crippen molar-refractivity contribution in [1.29, 1.82) is 0 Å². The van der Waals surface area contributed by atoms with Gasteiger partial charge < -0.3 is 15.4 Å². The van der Waals surface area contributed by atoms with Crippen LogP contribution in [0.25, 0.3) is 11.3 Å². The molecule has 0 spiro atoms. The fourth-order valence-corrected chi connectivity index (χ4v) is 4.22. The Morgan fingerprint density at radius 1 is 1.21 bits per heavy atom. The molecule has 0 saturated carbocycles. The fourth-order valence-electron chi connectivity index (χ4n) is 4.02. The molecule has 5 nitrogen and oxygen atoms in total. The predicted octanol–water partition coefficient (Wildman–Crippen LogP) is 4.96. The first-order valence-electron chi connectivity index (χ1n) is 10.4. The molecule has 0 bridgehead atoms. The second-order valence-electron chi connectivity index (χ2n) is 7.83. The first-order valence-corrected chi connectivity index (χ1v) is 10.8. The zero-order valence-corrected chi connectivity index (χ0v) is 17.0. The molecule has 0 radical (unpaired) electrons. The van der Waals surface area contributed by atoms with E-state index in [0.29, 0.717) is 17.0 Å². The molecule has 2 aliphatic heterocycles. The van der Waals surface area contributed by atoms with Gasteiger partial charge in [0.05, 0.1) is 10.7 Å². The summed E-state index contributed by atoms with van der Waals surface area (Å²) in [4.78, 5) is 9.33. The summed E-state index contributed by atoms with van der Waals surface area (Å²) in [7, 11) is 0. The van der Waals surface area contributed by atoms with Crippen LogP contribution in [0, 0.1) is 5.92 Å². The summed E-state index contributed by atoms with van der Waals surface area (Å²) in [5, 5.41) is 7.69. The van der Waals surface area contributed by atoms with Crippen LogP contribution in [0.15, 0.2) is 30.5 Å². The lowest BCUT2D eigenvalue weighted by Gasteiger charge is -2.22. The number of aryl methyl sites for hydroxylation is 1. The number of nitrogens with one attached hydrogen (secondary N) is 2. The first kappa shape index (κ1) is 22.0. The van der Waals surface area contributed by atoms with Gasteiger partial charge in [-0.25, -0.2) is 4.98 Å². The second-order valence-corrected chi connectivity index (χ2v) is 8.24. The number of rotatable bonds is 7. The van der Waals surface area contributed by atoms with Gasteiger partial charge in [0.2, 0.25) is 0 Å². The minimum atomic E-state index is 0. The number of anilines is 1. The van der Waals surface area contributed by atoms with Gasteiger partial charge in [0, 0.05) is 43.3 Å². The molecule has 29 heavy (non-hydrogen) atoms. The summed E-state index contributed by atoms with van der Waals surface area (Å²) in [6.07, 6.45) is 8.62. The van der Waals surface area contributed by atoms with Crippen LogP contribution in [0.3, 0.4) is 0 Å². The maximum Gasteiger partial charge on any atom is 0.126 e. The second kappa shape index (κ2) is 10.9. The molecule has 0 aliphatic carbocycles. The summed E-state index contributed by atoms with van der Waals surface area (Å²) in [5.41, 5.74) is 2.93. The Hall–Kier alpha value is -1.69. The molecule has 2 N–H and O–H groups in total. The molecule has 0 aromatic carbocycles. The summed E-state index contributed by atoms with van der Waals surface area (Å²) in [6.45, 7) is 3.81. The van der Waals surface area contributed by atoms with Crippen LogP contribution < -0.4 is 10.6 Å². The van der Waals surface area contributed by atoms with E-state index in [1.807, 2.05) is 18.2 Å². The molecule has 6 heteroatoms. The molecule has 2 aliphatic rings. The highest BCUT2D eigenvalue weighted by Gasteiger charge is 2.16. The van der Waals surface area contributed by atoms with Crippen LogP contribution in [0.1, 0.15) is 45.2 Å². The molecular weight excluding hydrogens is 384 g/mol. The van der Waals surface area contributed by atoms with E-state index in [4.69, 9.17) is 21.3 Å². The van der Waals surface area contributed by atoms with E-state index in [0.717, 1.165) is 74.8 Å². The molecule has 2 fully saturated rings. The van der Waals surface area contributed by atoms with Crippen molar-refractivity contribution in [3.05, 3.63) is 41.2 Å². The lowest BCUT2D eigenvalue weighted by Crippen LogP contribution is -2.22. The van der Waals surface area contributed by atoms with Gasteiger partial charge in [0.15, 0.2) is 0 Å². The maximum atomic E-state index is 6.46. The molecule has 4 heterocycles. The van der Waals surface area contributed by atoms with Crippen LogP contribution in [0.2, 0.25) is 5.02 Å². The topological polar surface area (TPSA) is 59.1 Å². The average molecular weight is 417 g/mol. The Morgan fingerprint density at radius 2 is 2.07 bits per heavy atom. The third-order valence-electron chi connectivity index (χ3n) is 5.76. The SMILES string of the molecule is C.Clc1cnc(CC[C@@H]2CCCN2)cc1-c1cccc(NCC2CCOCC2)n1. The highest BCUT2D eigenvalue weighted by molar-refractivity contribution is 6.33. The van der Waals surface area contributed by atoms with E-state index in [1.165, 1.54) is 12.8 Å². The monoisotopic (exact) mass is 416 g/mol. The van der Waals surface area contributed by atoms with Gasteiger partial charge in [-0.1, -0.05) is 25.1 Å². The Kier molecular flexibility index (Phi) is 8.28. The van der Waals surface area contributed by atoms with Crippen molar-refractivity contribution in [3.63, 3.8) is 0 Å². The number of halogens is 1. The van der Waals surface area contributed by atoms with Gasteiger partial charge >= 0.3 is 0 Å². The van der Waals surface area contributed by atoms with E-state index in [9.17, 15) is 0 Å². The van der Waals surface area contributed by atoms with Gasteiger partial charge in [-0.3, -0.25) is 4.98 Å². The first-order chi connectivity index (χ1) is 13.8. The number of nitrogens with zero attached hydrogens (tertiary/aromatic N) is 2. The quantitative estimate of drug-likeness (QED) is 0.668. The smallest absolute Gasteiger partial charge is 0.126 e. The Labute approximate surface area is 179 Å². The zero-order valence-electron chi connectivity index (χ0n) is 16.3. The summed E-state index contributed by atoms with van der Waals surface area (Å²) in [5.74, 6) is 1.55. The minimum Gasteiger partial charge on any atom is -0.381 e. The van der Waals surface area contributed by atoms with Crippen LogP contribution in [0.5, 0.6) is 0 Å². The van der Waals surface area contributed by atoms with Crippen molar-refractivity contribution in [1.82, 2.24) is 15.3 Å². The Bertz CT molecular complexity index is 773. The highest BCUT2D eigenvalue weighted by atomic mass is 35.5. The highest BCUT2D eigenvalue weighted by Crippen LogP contribution is 2.28. The molecule has 2 saturated heterocycles. The van der Waals surface area contributed by atoms with Crippen molar-refractivity contribution in [2.75, 3.05) is 31.6 Å². The summed E-state index contributed by atoms with van der Waals surface area (Å²) in [6, 6.07) is 8.79. The van der Waals surface area contributed by atoms with Crippen LogP contribution in [-0.2, 0) is 11.2 Å². The number of hydrogen-bond donors (Lipinski definition) is 2. The normalized spacial score (nSPS) is 19.7. The summed E-state index contributed by atoms with van der Waals surface area (Å²) < 4.78 is 5.44. The van der Waals surface area contributed by atoms with Crippen LogP contribution in [-0.4, -0.2) is 42.3 Å². The largest absolute Gasteiger partial charge is 0.381 e. The van der Waals surface area contributed by atoms with Gasteiger partial charge in [0.25, 0.3) is 0 Å². The van der Waals surface area contributed by atoms with E-state index in [2.05, 4.69) is 21.7 Å². The van der Waals surface area contributed by atoms with Crippen LogP contribution in [0.4, 0.5) is 5.82 Å². The molecule has 1 atom stereocenters. The lowest BCUT2D eigenvalue weighted by atomic mass is 10.0. The summed E-state index contributed by atoms with van der Waals surface area (Å²) >= 11 is 6.46. The number of hydrogen-bond acceptors (Lipinski definition) is 5. The molecule has 158 valence electrons. The predicted molar refractivity (Wildman–Crippen MR) is 121 cm³/mol. The zero-order chi connectivity index (χ0) is 19.2. The van der Waals surface area contributed by atoms with E-state index in [1.54, 1.807) is 6.20 Å². The van der Waals surface area contributed by atoms with Crippen molar-refractivity contribution >= 4 is 17.4 Å². The molecule has 2 aromatic heterocycles. The molecule has 0 unspecified atom stereocenters. The van der Waals surface area contributed by atoms with E-state index < -0.39 is 0 Å². The number of ether oxygens (including phenoxy) is 1. The Balaban J connectivity index is 0.00000240. The van der Waals surface area contributed by atoms with Crippen molar-refractivity contribution < 1.29 is 4.74 Å². The third-order valence-corrected chi connectivity index (χ3v) is 6.06. The van der Waals surface area contributed by atoms with E-state index in [-0.39, 0.29) is 7.43 Å². The van der Waals surface area contributed by atoms with Gasteiger partial charge in [-0.05, 0) is 69.2 Å². The van der Waals surface area contributed by atoms with E-state index >= 15 is 0 Å². The van der Waals surface area contributed by atoms with Crippen molar-refractivity contribution in [2.24, 2.45) is 5.92 Å². The maximum absolute atomic E-state index is 6.46. The molecule has 0 amide bonds. The molecular formula is C23H33ClN4O. The standard InChI is InChI=1S/C22H29ClN4O.CH4/c23-20-15-25-18(7-6-17-3-2-10-24-17)13-19(20)21-4-1-5-22(27-21)26-14-16-8-11-28-12-9-16;/h1,4-5,13,15-17,24H,2-3,6-12,14H2,(H,26,27);1H4/t17-;/m0./s1. The van der Waals surface area contributed by atoms with Gasteiger partial charge in [-0.15, -0.1) is 0 Å². The molecule has 2 aromatic rings. The number of pyridine rings is 2. The number of aromatic nitrogens is 2. The lowest BCUT2D eigenvalue weighted by molar-refractivity contribution is 0.0699. The van der Waals surface area contributed by atoms with Crippen molar-refractivity contribution in [3.8, 4) is 11.3 Å². The van der Waals surface area contributed by atoms with Gasteiger partial charge in [0.1, 0.15) is 5.82 Å². The average Bonchev–Trinajstić information content (AvgIpc) is 3.26. The van der Waals surface area contributed by atoms with Crippen molar-refractivity contribution in [2.45, 2.75) is 52.0 Å².